The van der Waals surface area contributed by atoms with E-state index in [2.05, 4.69) is 25.6 Å². The molecule has 0 aliphatic carbocycles. The lowest BCUT2D eigenvalue weighted by Gasteiger charge is -2.16. The summed E-state index contributed by atoms with van der Waals surface area (Å²) in [7, 11) is 1.65. The molecule has 0 saturated carbocycles. The van der Waals surface area contributed by atoms with Gasteiger partial charge in [-0.3, -0.25) is 0 Å². The number of nitrogens with one attached hydrogen (secondary N) is 2. The highest BCUT2D eigenvalue weighted by Gasteiger charge is 2.11. The molecular formula is C14H20N6O. The summed E-state index contributed by atoms with van der Waals surface area (Å²) in [5.41, 5.74) is 7.62. The first-order valence-corrected chi connectivity index (χ1v) is 6.65. The fourth-order valence-corrected chi connectivity index (χ4v) is 1.80. The van der Waals surface area contributed by atoms with Gasteiger partial charge in [-0.1, -0.05) is 6.07 Å². The Morgan fingerprint density at radius 2 is 2.00 bits per heavy atom. The second-order valence-electron chi connectivity index (χ2n) is 4.83. The molecule has 2 rings (SSSR count). The van der Waals surface area contributed by atoms with Gasteiger partial charge in [-0.05, 0) is 25.5 Å². The summed E-state index contributed by atoms with van der Waals surface area (Å²) in [4.78, 5) is 12.6. The van der Waals surface area contributed by atoms with Crippen LogP contribution in [0.3, 0.4) is 0 Å². The first-order valence-electron chi connectivity index (χ1n) is 6.65. The van der Waals surface area contributed by atoms with Gasteiger partial charge < -0.3 is 21.1 Å². The van der Waals surface area contributed by atoms with Gasteiger partial charge in [0.2, 0.25) is 0 Å². The molecule has 0 aliphatic heterocycles. The van der Waals surface area contributed by atoms with E-state index >= 15 is 0 Å². The lowest BCUT2D eigenvalue weighted by molar-refractivity contribution is 0.190. The van der Waals surface area contributed by atoms with E-state index < -0.39 is 0 Å². The number of nitrogens with zero attached hydrogens (tertiary/aromatic N) is 3. The topological polar surface area (TPSA) is 98.0 Å². The average molecular weight is 288 g/mol. The Balaban J connectivity index is 2.15. The number of nitrogens with two attached hydrogens (primary N) is 1. The molecule has 1 atom stereocenters. The maximum absolute atomic E-state index is 6.09. The smallest absolute Gasteiger partial charge is 0.160 e. The molecule has 2 heterocycles. The lowest BCUT2D eigenvalue weighted by Crippen LogP contribution is -2.22. The van der Waals surface area contributed by atoms with Gasteiger partial charge in [-0.25, -0.2) is 15.0 Å². The molecule has 21 heavy (non-hydrogen) atoms. The highest BCUT2D eigenvalue weighted by atomic mass is 16.5. The molecule has 0 aromatic carbocycles. The minimum atomic E-state index is 0.0950. The van der Waals surface area contributed by atoms with Crippen molar-refractivity contribution in [3.05, 3.63) is 30.2 Å². The fourth-order valence-electron chi connectivity index (χ4n) is 1.80. The Morgan fingerprint density at radius 1 is 1.24 bits per heavy atom. The summed E-state index contributed by atoms with van der Waals surface area (Å²) in [5, 5.41) is 6.27. The van der Waals surface area contributed by atoms with Gasteiger partial charge in [-0.2, -0.15) is 0 Å². The van der Waals surface area contributed by atoms with Gasteiger partial charge in [0.25, 0.3) is 0 Å². The number of ether oxygens (including phenoxy) is 1. The van der Waals surface area contributed by atoms with Crippen molar-refractivity contribution in [3.8, 4) is 0 Å². The molecule has 0 amide bonds. The van der Waals surface area contributed by atoms with Crippen LogP contribution in [-0.4, -0.2) is 34.7 Å². The summed E-state index contributed by atoms with van der Waals surface area (Å²) in [6.07, 6.45) is 3.23. The van der Waals surface area contributed by atoms with Crippen LogP contribution < -0.4 is 16.4 Å². The predicted octanol–water partition coefficient (Wildman–Crippen LogP) is 1.95. The van der Waals surface area contributed by atoms with Crippen molar-refractivity contribution in [1.29, 1.82) is 0 Å². The normalized spacial score (nSPS) is 12.0. The van der Waals surface area contributed by atoms with Gasteiger partial charge in [0.1, 0.15) is 17.8 Å². The number of rotatable bonds is 6. The molecule has 1 unspecified atom stereocenters. The molecule has 0 saturated heterocycles. The largest absolute Gasteiger partial charge is 0.393 e. The van der Waals surface area contributed by atoms with Gasteiger partial charge in [-0.15, -0.1) is 0 Å². The number of hydrogen-bond donors (Lipinski definition) is 3. The van der Waals surface area contributed by atoms with Crippen LogP contribution in [0.1, 0.15) is 12.5 Å². The highest BCUT2D eigenvalue weighted by Crippen LogP contribution is 2.25. The van der Waals surface area contributed by atoms with Crippen LogP contribution in [0.25, 0.3) is 0 Å². The summed E-state index contributed by atoms with van der Waals surface area (Å²) in [5.74, 6) is 1.78. The van der Waals surface area contributed by atoms with E-state index in [-0.39, 0.29) is 6.04 Å². The summed E-state index contributed by atoms with van der Waals surface area (Å²) in [6.45, 7) is 4.53. The van der Waals surface area contributed by atoms with E-state index in [1.165, 1.54) is 6.33 Å². The van der Waals surface area contributed by atoms with E-state index in [0.717, 1.165) is 5.56 Å². The Hall–Kier alpha value is -2.41. The van der Waals surface area contributed by atoms with Crippen LogP contribution >= 0.6 is 0 Å². The van der Waals surface area contributed by atoms with Gasteiger partial charge in [0, 0.05) is 19.3 Å². The van der Waals surface area contributed by atoms with Crippen molar-refractivity contribution in [2.75, 3.05) is 30.1 Å². The first-order chi connectivity index (χ1) is 10.1. The highest BCUT2D eigenvalue weighted by molar-refractivity contribution is 5.76. The van der Waals surface area contributed by atoms with Gasteiger partial charge in [0.15, 0.2) is 11.6 Å². The van der Waals surface area contributed by atoms with E-state index in [9.17, 15) is 0 Å². The van der Waals surface area contributed by atoms with Crippen molar-refractivity contribution in [1.82, 2.24) is 15.0 Å². The third-order valence-corrected chi connectivity index (χ3v) is 2.84. The van der Waals surface area contributed by atoms with Gasteiger partial charge >= 0.3 is 0 Å². The van der Waals surface area contributed by atoms with E-state index in [1.807, 2.05) is 26.0 Å². The second-order valence-corrected chi connectivity index (χ2v) is 4.83. The summed E-state index contributed by atoms with van der Waals surface area (Å²) in [6, 6.07) is 3.93. The Morgan fingerprint density at radius 3 is 2.67 bits per heavy atom. The number of aryl methyl sites for hydroxylation is 1. The van der Waals surface area contributed by atoms with E-state index in [4.69, 9.17) is 10.5 Å². The Bertz CT molecular complexity index is 587. The number of nitrogen functional groups attached to an aromatic ring is 1. The third-order valence-electron chi connectivity index (χ3n) is 2.84. The molecule has 112 valence electrons. The first kappa shape index (κ1) is 15.0. The van der Waals surface area contributed by atoms with Crippen LogP contribution in [0.5, 0.6) is 0 Å². The van der Waals surface area contributed by atoms with Crippen molar-refractivity contribution < 1.29 is 4.74 Å². The molecule has 7 heteroatoms. The molecule has 0 radical (unpaired) electrons. The van der Waals surface area contributed by atoms with Crippen LogP contribution in [0.4, 0.5) is 23.1 Å². The molecule has 0 fully saturated rings. The monoisotopic (exact) mass is 288 g/mol. The Kier molecular flexibility index (Phi) is 4.89. The SMILES string of the molecule is COCC(C)Nc1ncnc(Nc2ccc(C)cn2)c1N. The molecule has 0 spiro atoms. The molecule has 4 N–H and O–H groups in total. The number of aromatic nitrogens is 3. The van der Waals surface area contributed by atoms with Crippen molar-refractivity contribution in [2.45, 2.75) is 19.9 Å². The zero-order chi connectivity index (χ0) is 15.2. The quantitative estimate of drug-likeness (QED) is 0.747. The van der Waals surface area contributed by atoms with E-state index in [1.54, 1.807) is 13.3 Å². The molecular weight excluding hydrogens is 268 g/mol. The number of methoxy groups -OCH3 is 1. The molecule has 0 bridgehead atoms. The summed E-state index contributed by atoms with van der Waals surface area (Å²) < 4.78 is 5.08. The molecule has 2 aromatic rings. The number of hydrogen-bond acceptors (Lipinski definition) is 7. The minimum absolute atomic E-state index is 0.0950. The number of anilines is 4. The second kappa shape index (κ2) is 6.85. The van der Waals surface area contributed by atoms with Gasteiger partial charge in [0.05, 0.1) is 6.61 Å². The van der Waals surface area contributed by atoms with Crippen LogP contribution in [0, 0.1) is 6.92 Å². The van der Waals surface area contributed by atoms with Crippen molar-refractivity contribution in [3.63, 3.8) is 0 Å². The maximum atomic E-state index is 6.09. The van der Waals surface area contributed by atoms with Crippen LogP contribution in [-0.2, 0) is 4.74 Å². The lowest BCUT2D eigenvalue weighted by atomic mass is 10.3. The van der Waals surface area contributed by atoms with Crippen molar-refractivity contribution in [2.24, 2.45) is 0 Å². The minimum Gasteiger partial charge on any atom is -0.393 e. The van der Waals surface area contributed by atoms with Crippen LogP contribution in [0.15, 0.2) is 24.7 Å². The third kappa shape index (κ3) is 4.03. The predicted molar refractivity (Wildman–Crippen MR) is 83.7 cm³/mol. The Labute approximate surface area is 124 Å². The standard InChI is InChI=1S/C14H20N6O/c1-9-4-5-11(16-6-9)20-14-12(15)13(17-8-18-14)19-10(2)7-21-3/h4-6,8,10H,7,15H2,1-3H3,(H2,16,17,18,19,20). The average Bonchev–Trinajstić information content (AvgIpc) is 2.46. The maximum Gasteiger partial charge on any atom is 0.160 e. The fraction of sp³-hybridized carbons (Fsp3) is 0.357. The summed E-state index contributed by atoms with van der Waals surface area (Å²) >= 11 is 0. The van der Waals surface area contributed by atoms with Crippen molar-refractivity contribution >= 4 is 23.1 Å². The zero-order valence-electron chi connectivity index (χ0n) is 12.4. The molecule has 7 nitrogen and oxygen atoms in total. The van der Waals surface area contributed by atoms with Crippen LogP contribution in [0.2, 0.25) is 0 Å². The number of pyridine rings is 1. The zero-order valence-corrected chi connectivity index (χ0v) is 12.4. The molecule has 0 aliphatic rings. The van der Waals surface area contributed by atoms with E-state index in [0.29, 0.717) is 29.7 Å². The molecule has 2 aromatic heterocycles.